The third kappa shape index (κ3) is 4.10. The van der Waals surface area contributed by atoms with Crippen molar-refractivity contribution in [2.75, 3.05) is 0 Å². The average Bonchev–Trinajstić information content (AvgIpc) is 3.08. The third-order valence-electron chi connectivity index (χ3n) is 5.91. The van der Waals surface area contributed by atoms with E-state index in [9.17, 15) is 19.7 Å². The first-order valence-corrected chi connectivity index (χ1v) is 12.2. The molecule has 2 heterocycles. The number of nitrogens with zero attached hydrogens (tertiary/aromatic N) is 3. The molecule has 0 saturated heterocycles. The summed E-state index contributed by atoms with van der Waals surface area (Å²) in [4.78, 5) is 42.7. The van der Waals surface area contributed by atoms with E-state index in [1.165, 1.54) is 41.3 Å². The van der Waals surface area contributed by atoms with Crippen molar-refractivity contribution in [2.24, 2.45) is 5.73 Å². The quantitative estimate of drug-likeness (QED) is 0.175. The van der Waals surface area contributed by atoms with Crippen LogP contribution in [-0.2, 0) is 5.75 Å². The van der Waals surface area contributed by atoms with E-state index in [0.717, 1.165) is 27.3 Å². The van der Waals surface area contributed by atoms with Gasteiger partial charge in [-0.25, -0.2) is 4.98 Å². The van der Waals surface area contributed by atoms with Crippen LogP contribution in [0.25, 0.3) is 15.9 Å². The largest absolute Gasteiger partial charge is 0.366 e. The molecule has 0 aliphatic rings. The lowest BCUT2D eigenvalue weighted by Gasteiger charge is -2.16. The van der Waals surface area contributed by atoms with E-state index in [2.05, 4.69) is 0 Å². The normalized spacial score (nSPS) is 11.2. The minimum absolute atomic E-state index is 0.0665. The Bertz CT molecular complexity index is 1540. The van der Waals surface area contributed by atoms with Gasteiger partial charge in [-0.3, -0.25) is 24.3 Å². The number of hydrogen-bond donors (Lipinski definition) is 1. The number of primary amides is 1. The van der Waals surface area contributed by atoms with Crippen LogP contribution in [0, 0.1) is 37.8 Å². The van der Waals surface area contributed by atoms with Crippen LogP contribution in [0.2, 0.25) is 0 Å². The van der Waals surface area contributed by atoms with Gasteiger partial charge in [-0.2, -0.15) is 0 Å². The van der Waals surface area contributed by atoms with Crippen molar-refractivity contribution in [2.45, 2.75) is 38.6 Å². The summed E-state index contributed by atoms with van der Waals surface area (Å²) in [5.41, 5.74) is 9.01. The van der Waals surface area contributed by atoms with Gasteiger partial charge in [0.25, 0.3) is 11.2 Å². The van der Waals surface area contributed by atoms with Gasteiger partial charge in [-0.05, 0) is 56.5 Å². The molecule has 1 amide bonds. The highest BCUT2D eigenvalue weighted by molar-refractivity contribution is 7.98. The number of thiophene rings is 1. The highest BCUT2D eigenvalue weighted by Crippen LogP contribution is 2.33. The summed E-state index contributed by atoms with van der Waals surface area (Å²) in [5.74, 6) is -0.553. The third-order valence-corrected chi connectivity index (χ3v) is 8.00. The summed E-state index contributed by atoms with van der Waals surface area (Å²) in [5, 5.41) is 12.7. The Morgan fingerprint density at radius 3 is 2.59 bits per heavy atom. The van der Waals surface area contributed by atoms with Gasteiger partial charge in [-0.1, -0.05) is 30.0 Å². The minimum atomic E-state index is -0.735. The topological polar surface area (TPSA) is 121 Å². The second kappa shape index (κ2) is 9.03. The molecule has 4 rings (SSSR count). The maximum atomic E-state index is 13.7. The number of carbonyl (C=O) groups excluding carboxylic acids is 1. The number of benzene rings is 2. The first kappa shape index (κ1) is 23.7. The summed E-state index contributed by atoms with van der Waals surface area (Å²) in [6.45, 7) is 7.81. The molecule has 2 aromatic carbocycles. The number of nitrogens with two attached hydrogens (primary N) is 1. The summed E-state index contributed by atoms with van der Waals surface area (Å²) in [6.07, 6.45) is 0. The average molecular weight is 495 g/mol. The molecule has 174 valence electrons. The number of aromatic nitrogens is 2. The second-order valence-electron chi connectivity index (χ2n) is 7.97. The van der Waals surface area contributed by atoms with Crippen LogP contribution in [0.5, 0.6) is 0 Å². The predicted octanol–water partition coefficient (Wildman–Crippen LogP) is 4.98. The molecule has 0 radical (unpaired) electrons. The van der Waals surface area contributed by atoms with Crippen molar-refractivity contribution in [1.29, 1.82) is 0 Å². The van der Waals surface area contributed by atoms with Gasteiger partial charge in [0.05, 0.1) is 16.0 Å². The van der Waals surface area contributed by atoms with Gasteiger partial charge in [-0.15, -0.1) is 11.3 Å². The van der Waals surface area contributed by atoms with E-state index in [0.29, 0.717) is 20.9 Å². The molecular formula is C24H22N4O4S2. The number of rotatable bonds is 6. The number of amides is 1. The molecule has 0 fully saturated rings. The summed E-state index contributed by atoms with van der Waals surface area (Å²) >= 11 is 2.69. The fourth-order valence-electron chi connectivity index (χ4n) is 3.71. The van der Waals surface area contributed by atoms with Crippen molar-refractivity contribution in [3.8, 4) is 5.69 Å². The van der Waals surface area contributed by atoms with E-state index in [-0.39, 0.29) is 22.6 Å². The van der Waals surface area contributed by atoms with Crippen LogP contribution >= 0.6 is 23.1 Å². The highest BCUT2D eigenvalue weighted by Gasteiger charge is 2.22. The Morgan fingerprint density at radius 2 is 1.91 bits per heavy atom. The molecule has 8 nitrogen and oxygen atoms in total. The Labute approximate surface area is 203 Å². The van der Waals surface area contributed by atoms with Crippen LogP contribution in [-0.4, -0.2) is 20.4 Å². The van der Waals surface area contributed by atoms with Crippen molar-refractivity contribution < 1.29 is 9.72 Å². The lowest BCUT2D eigenvalue weighted by atomic mass is 10.1. The van der Waals surface area contributed by atoms with Crippen LogP contribution in [0.3, 0.4) is 0 Å². The molecule has 0 spiro atoms. The number of fused-ring (bicyclic) bond motifs is 1. The standard InChI is InChI=1S/C24H22N4O4S2/c1-12-6-5-7-18(13(12)2)27-23(30)20-14(3)15(4)34-22(20)26-24(27)33-11-17-9-8-16(21(25)29)10-19(17)28(31)32/h5-10H,11H2,1-4H3,(H2,25,29). The van der Waals surface area contributed by atoms with Gasteiger partial charge in [0, 0.05) is 27.8 Å². The van der Waals surface area contributed by atoms with E-state index >= 15 is 0 Å². The zero-order valence-electron chi connectivity index (χ0n) is 19.0. The molecule has 0 aliphatic heterocycles. The fraction of sp³-hybridized carbons (Fsp3) is 0.208. The summed E-state index contributed by atoms with van der Waals surface area (Å²) in [7, 11) is 0. The smallest absolute Gasteiger partial charge is 0.274 e. The number of thioether (sulfide) groups is 1. The maximum absolute atomic E-state index is 13.7. The Morgan fingerprint density at radius 1 is 1.18 bits per heavy atom. The number of nitro groups is 1. The van der Waals surface area contributed by atoms with Crippen LogP contribution < -0.4 is 11.3 Å². The molecule has 2 N–H and O–H groups in total. The van der Waals surface area contributed by atoms with Gasteiger partial charge < -0.3 is 5.73 Å². The Kier molecular flexibility index (Phi) is 6.28. The van der Waals surface area contributed by atoms with Crippen molar-refractivity contribution in [3.05, 3.63) is 89.6 Å². The first-order chi connectivity index (χ1) is 16.1. The number of aryl methyl sites for hydroxylation is 3. The van der Waals surface area contributed by atoms with Crippen LogP contribution in [0.15, 0.2) is 46.3 Å². The van der Waals surface area contributed by atoms with E-state index in [1.54, 1.807) is 4.57 Å². The zero-order valence-corrected chi connectivity index (χ0v) is 20.7. The Hall–Kier alpha value is -3.50. The molecule has 2 aromatic heterocycles. The molecular weight excluding hydrogens is 472 g/mol. The van der Waals surface area contributed by atoms with E-state index < -0.39 is 10.8 Å². The molecule has 0 aliphatic carbocycles. The Balaban J connectivity index is 1.88. The fourth-order valence-corrected chi connectivity index (χ4v) is 5.79. The van der Waals surface area contributed by atoms with Gasteiger partial charge in [0.2, 0.25) is 5.91 Å². The van der Waals surface area contributed by atoms with E-state index in [1.807, 2.05) is 45.9 Å². The van der Waals surface area contributed by atoms with Crippen LogP contribution in [0.4, 0.5) is 5.69 Å². The molecule has 34 heavy (non-hydrogen) atoms. The number of hydrogen-bond acceptors (Lipinski definition) is 7. The predicted molar refractivity (Wildman–Crippen MR) is 135 cm³/mol. The van der Waals surface area contributed by atoms with Crippen molar-refractivity contribution >= 4 is 44.9 Å². The molecule has 10 heteroatoms. The van der Waals surface area contributed by atoms with Gasteiger partial charge in [0.15, 0.2) is 5.16 Å². The lowest BCUT2D eigenvalue weighted by Crippen LogP contribution is -2.22. The van der Waals surface area contributed by atoms with Crippen molar-refractivity contribution in [1.82, 2.24) is 9.55 Å². The molecule has 0 atom stereocenters. The summed E-state index contributed by atoms with van der Waals surface area (Å²) < 4.78 is 1.60. The molecule has 0 bridgehead atoms. The van der Waals surface area contributed by atoms with Crippen molar-refractivity contribution in [3.63, 3.8) is 0 Å². The zero-order chi connectivity index (χ0) is 24.7. The summed E-state index contributed by atoms with van der Waals surface area (Å²) in [6, 6.07) is 9.90. The molecule has 0 unspecified atom stereocenters. The SMILES string of the molecule is Cc1cccc(-n2c(SCc3ccc(C(N)=O)cc3[N+](=O)[O-])nc3sc(C)c(C)c3c2=O)c1C. The monoisotopic (exact) mass is 494 g/mol. The minimum Gasteiger partial charge on any atom is -0.366 e. The maximum Gasteiger partial charge on any atom is 0.274 e. The van der Waals surface area contributed by atoms with E-state index in [4.69, 9.17) is 10.7 Å². The first-order valence-electron chi connectivity index (χ1n) is 10.4. The lowest BCUT2D eigenvalue weighted by molar-refractivity contribution is -0.385. The second-order valence-corrected chi connectivity index (χ2v) is 10.1. The molecule has 4 aromatic rings. The number of nitro benzene ring substituents is 1. The van der Waals surface area contributed by atoms with Gasteiger partial charge >= 0.3 is 0 Å². The van der Waals surface area contributed by atoms with Crippen LogP contribution in [0.1, 0.15) is 37.5 Å². The molecule has 0 saturated carbocycles. The number of carbonyl (C=O) groups is 1. The van der Waals surface area contributed by atoms with Gasteiger partial charge in [0.1, 0.15) is 4.83 Å². The highest BCUT2D eigenvalue weighted by atomic mass is 32.2.